The van der Waals surface area contributed by atoms with Gasteiger partial charge in [0, 0.05) is 0 Å². The summed E-state index contributed by atoms with van der Waals surface area (Å²) in [6, 6.07) is 6.61. The molecule has 0 aromatic heterocycles. The van der Waals surface area contributed by atoms with Gasteiger partial charge in [-0.2, -0.15) is 0 Å². The fraction of sp³-hybridized carbons (Fsp3) is 0.500. The average Bonchev–Trinajstić information content (AvgIpc) is 2.27. The molecule has 0 aliphatic carbocycles. The smallest absolute Gasteiger partial charge is 0.322 e. The molecule has 0 spiro atoms. The van der Waals surface area contributed by atoms with Crippen LogP contribution in [0.5, 0.6) is 0 Å². The Bertz CT molecular complexity index is 559. The molecule has 0 aliphatic heterocycles. The molecule has 19 heavy (non-hydrogen) atoms. The van der Waals surface area contributed by atoms with Gasteiger partial charge in [-0.25, -0.2) is 8.42 Å². The van der Waals surface area contributed by atoms with Gasteiger partial charge in [0.1, 0.15) is 0 Å². The monoisotopic (exact) mass is 284 g/mol. The van der Waals surface area contributed by atoms with Gasteiger partial charge in [0.15, 0.2) is 15.1 Å². The van der Waals surface area contributed by atoms with E-state index in [0.717, 1.165) is 0 Å². The molecule has 0 heterocycles. The number of sulfone groups is 1. The van der Waals surface area contributed by atoms with E-state index in [4.69, 9.17) is 0 Å². The number of carboxylic acids is 1. The van der Waals surface area contributed by atoms with Gasteiger partial charge in [0.2, 0.25) is 0 Å². The first-order valence-electron chi connectivity index (χ1n) is 6.25. The maximum atomic E-state index is 12.6. The van der Waals surface area contributed by atoms with Gasteiger partial charge in [-0.15, -0.1) is 0 Å². The molecule has 0 saturated carbocycles. The number of carbonyl (C=O) groups is 1. The van der Waals surface area contributed by atoms with Crippen LogP contribution < -0.4 is 0 Å². The lowest BCUT2D eigenvalue weighted by atomic mass is 10.0. The topological polar surface area (TPSA) is 71.4 Å². The molecule has 1 aromatic carbocycles. The number of rotatable bonds is 5. The van der Waals surface area contributed by atoms with E-state index in [0.29, 0.717) is 5.56 Å². The number of aliphatic carboxylic acids is 1. The van der Waals surface area contributed by atoms with Gasteiger partial charge in [0.05, 0.1) is 4.90 Å². The molecule has 0 bridgehead atoms. The van der Waals surface area contributed by atoms with E-state index in [2.05, 4.69) is 0 Å². The van der Waals surface area contributed by atoms with Crippen molar-refractivity contribution in [3.8, 4) is 0 Å². The van der Waals surface area contributed by atoms with E-state index >= 15 is 0 Å². The second-order valence-corrected chi connectivity index (χ2v) is 7.28. The summed E-state index contributed by atoms with van der Waals surface area (Å²) < 4.78 is 25.1. The second-order valence-electron chi connectivity index (χ2n) is 5.24. The van der Waals surface area contributed by atoms with E-state index in [1.54, 1.807) is 32.0 Å². The van der Waals surface area contributed by atoms with Crippen molar-refractivity contribution in [1.29, 1.82) is 0 Å². The lowest BCUT2D eigenvalue weighted by molar-refractivity contribution is -0.137. The molecule has 4 nitrogen and oxygen atoms in total. The van der Waals surface area contributed by atoms with Crippen molar-refractivity contribution in [3.05, 3.63) is 29.8 Å². The van der Waals surface area contributed by atoms with E-state index in [1.165, 1.54) is 6.07 Å². The minimum atomic E-state index is -3.87. The number of carboxylic acid groups (broad SMARTS) is 1. The first-order chi connectivity index (χ1) is 8.69. The summed E-state index contributed by atoms with van der Waals surface area (Å²) in [6.07, 6.45) is 0. The molecular weight excluding hydrogens is 264 g/mol. The van der Waals surface area contributed by atoms with Gasteiger partial charge in [-0.3, -0.25) is 4.79 Å². The number of hydrogen-bond donors (Lipinski definition) is 1. The molecule has 0 fully saturated rings. The van der Waals surface area contributed by atoms with Crippen molar-refractivity contribution >= 4 is 15.8 Å². The molecule has 106 valence electrons. The Morgan fingerprint density at radius 2 is 1.63 bits per heavy atom. The third kappa shape index (κ3) is 3.15. The summed E-state index contributed by atoms with van der Waals surface area (Å²) in [5, 5.41) is 7.78. The van der Waals surface area contributed by atoms with Crippen molar-refractivity contribution in [2.45, 2.75) is 43.8 Å². The van der Waals surface area contributed by atoms with E-state index < -0.39 is 27.0 Å². The molecule has 1 rings (SSSR count). The summed E-state index contributed by atoms with van der Waals surface area (Å²) in [6.45, 7) is 6.99. The molecule has 0 radical (unpaired) electrons. The summed E-state index contributed by atoms with van der Waals surface area (Å²) in [4.78, 5) is 11.4. The van der Waals surface area contributed by atoms with Crippen LogP contribution in [0.1, 0.15) is 39.2 Å². The standard InChI is InChI=1S/C14H20O4S/c1-9(2)11-7-5-6-8-12(11)19(17,18)13(10(3)4)14(15)16/h5-10,13H,1-4H3,(H,15,16). The number of hydrogen-bond acceptors (Lipinski definition) is 3. The van der Waals surface area contributed by atoms with E-state index in [-0.39, 0.29) is 10.8 Å². The first kappa shape index (κ1) is 15.7. The predicted octanol–water partition coefficient (Wildman–Crippen LogP) is 2.69. The van der Waals surface area contributed by atoms with Crippen LogP contribution in [-0.2, 0) is 14.6 Å². The maximum Gasteiger partial charge on any atom is 0.322 e. The van der Waals surface area contributed by atoms with Crippen LogP contribution in [0.15, 0.2) is 29.2 Å². The quantitative estimate of drug-likeness (QED) is 0.902. The van der Waals surface area contributed by atoms with Gasteiger partial charge in [0.25, 0.3) is 0 Å². The Morgan fingerprint density at radius 3 is 2.05 bits per heavy atom. The second kappa shape index (κ2) is 5.74. The van der Waals surface area contributed by atoms with E-state index in [9.17, 15) is 18.3 Å². The van der Waals surface area contributed by atoms with Crippen molar-refractivity contribution in [2.75, 3.05) is 0 Å². The number of benzene rings is 1. The summed E-state index contributed by atoms with van der Waals surface area (Å²) in [7, 11) is -3.87. The SMILES string of the molecule is CC(C)c1ccccc1S(=O)(=O)C(C(=O)O)C(C)C. The van der Waals surface area contributed by atoms with Crippen molar-refractivity contribution in [3.63, 3.8) is 0 Å². The summed E-state index contributed by atoms with van der Waals surface area (Å²) >= 11 is 0. The Labute approximate surface area is 114 Å². The Hall–Kier alpha value is -1.36. The molecule has 1 N–H and O–H groups in total. The first-order valence-corrected chi connectivity index (χ1v) is 7.79. The van der Waals surface area contributed by atoms with Crippen LogP contribution in [-0.4, -0.2) is 24.7 Å². The van der Waals surface area contributed by atoms with Gasteiger partial charge >= 0.3 is 5.97 Å². The predicted molar refractivity (Wildman–Crippen MR) is 74.0 cm³/mol. The largest absolute Gasteiger partial charge is 0.480 e. The van der Waals surface area contributed by atoms with E-state index in [1.807, 2.05) is 13.8 Å². The summed E-state index contributed by atoms with van der Waals surface area (Å²) in [5.41, 5.74) is 0.661. The Kier molecular flexibility index (Phi) is 4.74. The van der Waals surface area contributed by atoms with Crippen molar-refractivity contribution in [2.24, 2.45) is 5.92 Å². The fourth-order valence-electron chi connectivity index (χ4n) is 2.13. The molecule has 1 unspecified atom stereocenters. The maximum absolute atomic E-state index is 12.6. The summed E-state index contributed by atoms with van der Waals surface area (Å²) in [5.74, 6) is -1.76. The third-order valence-electron chi connectivity index (χ3n) is 3.03. The van der Waals surface area contributed by atoms with Crippen LogP contribution in [0.2, 0.25) is 0 Å². The van der Waals surface area contributed by atoms with Crippen LogP contribution in [0.4, 0.5) is 0 Å². The highest BCUT2D eigenvalue weighted by molar-refractivity contribution is 7.92. The third-order valence-corrected chi connectivity index (χ3v) is 5.43. The lowest BCUT2D eigenvalue weighted by Gasteiger charge is -2.20. The van der Waals surface area contributed by atoms with Crippen LogP contribution in [0, 0.1) is 5.92 Å². The lowest BCUT2D eigenvalue weighted by Crippen LogP contribution is -2.35. The molecular formula is C14H20O4S. The minimum absolute atomic E-state index is 0.0209. The minimum Gasteiger partial charge on any atom is -0.480 e. The molecule has 0 aliphatic rings. The fourth-order valence-corrected chi connectivity index (χ4v) is 4.29. The highest BCUT2D eigenvalue weighted by atomic mass is 32.2. The van der Waals surface area contributed by atoms with Gasteiger partial charge < -0.3 is 5.11 Å². The molecule has 5 heteroatoms. The molecule has 1 aromatic rings. The zero-order chi connectivity index (χ0) is 14.8. The average molecular weight is 284 g/mol. The Morgan fingerprint density at radius 1 is 1.11 bits per heavy atom. The van der Waals surface area contributed by atoms with Gasteiger partial charge in [-0.1, -0.05) is 45.9 Å². The highest BCUT2D eigenvalue weighted by Gasteiger charge is 2.37. The van der Waals surface area contributed by atoms with Crippen LogP contribution in [0.3, 0.4) is 0 Å². The molecule has 0 amide bonds. The van der Waals surface area contributed by atoms with Gasteiger partial charge in [-0.05, 0) is 23.5 Å². The molecule has 0 saturated heterocycles. The van der Waals surface area contributed by atoms with Crippen LogP contribution >= 0.6 is 0 Å². The van der Waals surface area contributed by atoms with Crippen molar-refractivity contribution in [1.82, 2.24) is 0 Å². The van der Waals surface area contributed by atoms with Crippen LogP contribution in [0.25, 0.3) is 0 Å². The zero-order valence-electron chi connectivity index (χ0n) is 11.6. The zero-order valence-corrected chi connectivity index (χ0v) is 12.4. The Balaban J connectivity index is 3.47. The normalized spacial score (nSPS) is 13.8. The van der Waals surface area contributed by atoms with Crippen molar-refractivity contribution < 1.29 is 18.3 Å². The molecule has 1 atom stereocenters. The highest BCUT2D eigenvalue weighted by Crippen LogP contribution is 2.29.